The number of hydrogen-bond acceptors (Lipinski definition) is 13. The van der Waals surface area contributed by atoms with E-state index in [0.29, 0.717) is 12.2 Å². The second-order valence-corrected chi connectivity index (χ2v) is 28.1. The Hall–Kier alpha value is -2.48. The zero-order valence-electron chi connectivity index (χ0n) is 54.6. The van der Waals surface area contributed by atoms with E-state index < -0.39 is 44.9 Å². The molecule has 1 aliphatic heterocycles. The van der Waals surface area contributed by atoms with Crippen LogP contribution in [0.15, 0.2) is 12.7 Å². The van der Waals surface area contributed by atoms with Gasteiger partial charge in [-0.1, -0.05) is 310 Å². The van der Waals surface area contributed by atoms with Crippen molar-refractivity contribution in [3.63, 3.8) is 0 Å². The lowest BCUT2D eigenvalue weighted by molar-refractivity contribution is -0.227. The van der Waals surface area contributed by atoms with Crippen molar-refractivity contribution in [2.75, 3.05) is 12.3 Å². The summed E-state index contributed by atoms with van der Waals surface area (Å²) in [7, 11) is -5.02. The zero-order chi connectivity index (χ0) is 61.0. The SMILES string of the molecule is CCCCCCCCCCCCCCCCCC(C)C(=O)CCCCCCCCCCCCCCCCC(C)C1CC1CCCCCCCCCCCCCCCCCCC(=O)OP(=O)([O-])OC[C@H]1O[C@@H](n2cnc3c(N)ncnc32)[C@H](O)[C@@H]1O. The first-order chi connectivity index (χ1) is 41.4. The molecule has 85 heavy (non-hydrogen) atoms. The van der Waals surface area contributed by atoms with Crippen LogP contribution in [0, 0.1) is 23.7 Å². The molecule has 0 bridgehead atoms. The van der Waals surface area contributed by atoms with E-state index in [9.17, 15) is 29.3 Å². The molecule has 9 atom stereocenters. The number of nitrogens with zero attached hydrogens (tertiary/aromatic N) is 4. The minimum absolute atomic E-state index is 0.0340. The number of aliphatic hydroxyl groups is 2. The number of carbonyl (C=O) groups is 2. The first-order valence-corrected chi connectivity index (χ1v) is 37.5. The van der Waals surface area contributed by atoms with Gasteiger partial charge in [0.2, 0.25) is 0 Å². The summed E-state index contributed by atoms with van der Waals surface area (Å²) in [6, 6.07) is 0. The number of imidazole rings is 1. The van der Waals surface area contributed by atoms with Gasteiger partial charge in [-0.05, 0) is 43.4 Å². The molecule has 0 spiro atoms. The molecule has 2 aromatic rings. The molecule has 1 saturated carbocycles. The van der Waals surface area contributed by atoms with Crippen molar-refractivity contribution in [2.45, 2.75) is 373 Å². The maximum Gasteiger partial charge on any atom is 0.322 e. The quantitative estimate of drug-likeness (QED) is 0.0416. The fourth-order valence-electron chi connectivity index (χ4n) is 13.3. The number of fused-ring (bicyclic) bond motifs is 1. The van der Waals surface area contributed by atoms with Gasteiger partial charge in [0.05, 0.1) is 12.9 Å². The van der Waals surface area contributed by atoms with Crippen LogP contribution in [0.25, 0.3) is 11.2 Å². The fourth-order valence-corrected chi connectivity index (χ4v) is 14.0. The number of unbranched alkanes of at least 4 members (excludes halogenated alkanes) is 42. The number of phosphoric acid groups is 1. The van der Waals surface area contributed by atoms with Gasteiger partial charge in [-0.2, -0.15) is 0 Å². The van der Waals surface area contributed by atoms with E-state index in [4.69, 9.17) is 15.0 Å². The number of Topliss-reactive ketones (excluding diaryl/α,β-unsaturated/α-hetero) is 1. The summed E-state index contributed by atoms with van der Waals surface area (Å²) in [6.07, 6.45) is 63.2. The summed E-state index contributed by atoms with van der Waals surface area (Å²) < 4.78 is 28.9. The smallest absolute Gasteiger partial charge is 0.322 e. The predicted molar refractivity (Wildman–Crippen MR) is 347 cm³/mol. The van der Waals surface area contributed by atoms with Crippen LogP contribution < -0.4 is 10.6 Å². The Bertz CT molecular complexity index is 2030. The van der Waals surface area contributed by atoms with Gasteiger partial charge >= 0.3 is 13.8 Å². The molecule has 1 saturated heterocycles. The summed E-state index contributed by atoms with van der Waals surface area (Å²) in [4.78, 5) is 49.4. The molecule has 5 unspecified atom stereocenters. The molecular formula is C70H127N5O9P-. The standard InChI is InChI=1S/C70H128N5O9P/c1-4-5-6-7-8-9-10-11-14-20-25-30-35-40-45-50-59(3)62(76)52-47-42-37-32-27-22-18-17-19-24-29-34-39-44-49-58(2)61-54-60(61)51-46-41-36-31-26-21-15-12-13-16-23-28-33-38-43-48-53-64(77)84-85(80,81)82-55-63-66(78)67(79)70(83-63)75-57-74-65-68(71)72-56-73-69(65)75/h56-61,63,66-67,70,78-79H,4-55H2,1-3H3,(H,80,81)(H2,71,72,73)/p-1/t58?,59?,60?,61?,63-,66-,67-,70-/m1/s1. The van der Waals surface area contributed by atoms with Crippen LogP contribution in [-0.4, -0.2) is 66.4 Å². The van der Waals surface area contributed by atoms with Crippen molar-refractivity contribution in [3.8, 4) is 0 Å². The van der Waals surface area contributed by atoms with Crippen LogP contribution in [0.5, 0.6) is 0 Å². The molecule has 14 nitrogen and oxygen atoms in total. The van der Waals surface area contributed by atoms with E-state index >= 15 is 0 Å². The lowest BCUT2D eigenvalue weighted by atomic mass is 9.94. The second kappa shape index (κ2) is 47.5. The highest BCUT2D eigenvalue weighted by Crippen LogP contribution is 2.49. The van der Waals surface area contributed by atoms with Crippen LogP contribution in [0.4, 0.5) is 5.82 Å². The monoisotopic (exact) mass is 1210 g/mol. The Balaban J connectivity index is 0.792. The van der Waals surface area contributed by atoms with Crippen molar-refractivity contribution in [1.29, 1.82) is 0 Å². The number of ketones is 1. The van der Waals surface area contributed by atoms with Gasteiger partial charge in [-0.25, -0.2) is 15.0 Å². The van der Waals surface area contributed by atoms with E-state index in [1.807, 2.05) is 0 Å². The van der Waals surface area contributed by atoms with E-state index in [1.165, 1.54) is 293 Å². The van der Waals surface area contributed by atoms with E-state index in [2.05, 4.69) is 40.2 Å². The first kappa shape index (κ1) is 75.0. The van der Waals surface area contributed by atoms with Crippen molar-refractivity contribution in [3.05, 3.63) is 12.7 Å². The summed E-state index contributed by atoms with van der Waals surface area (Å²) in [5, 5.41) is 21.1. The van der Waals surface area contributed by atoms with E-state index in [-0.39, 0.29) is 29.3 Å². The molecule has 0 aromatic carbocycles. The lowest BCUT2D eigenvalue weighted by Gasteiger charge is -2.24. The molecule has 15 heteroatoms. The third-order valence-corrected chi connectivity index (χ3v) is 20.0. The molecular weight excluding hydrogens is 1090 g/mol. The number of rotatable bonds is 59. The highest BCUT2D eigenvalue weighted by atomic mass is 31.2. The van der Waals surface area contributed by atoms with Gasteiger partial charge < -0.3 is 34.6 Å². The van der Waals surface area contributed by atoms with E-state index in [0.717, 1.165) is 56.3 Å². The number of aromatic nitrogens is 4. The highest BCUT2D eigenvalue weighted by Gasteiger charge is 2.45. The maximum atomic E-state index is 12.7. The summed E-state index contributed by atoms with van der Waals surface area (Å²) >= 11 is 0. The van der Waals surface area contributed by atoms with Gasteiger partial charge in [-0.15, -0.1) is 0 Å². The largest absolute Gasteiger partial charge is 0.746 e. The van der Waals surface area contributed by atoms with Crippen molar-refractivity contribution in [2.24, 2.45) is 23.7 Å². The number of ether oxygens (including phenoxy) is 1. The third-order valence-electron chi connectivity index (χ3n) is 19.1. The number of phosphoric ester groups is 1. The van der Waals surface area contributed by atoms with Crippen LogP contribution in [0.3, 0.4) is 0 Å². The van der Waals surface area contributed by atoms with Crippen molar-refractivity contribution >= 4 is 36.6 Å². The molecule has 4 rings (SSSR count). The molecule has 0 amide bonds. The average molecular weight is 1210 g/mol. The zero-order valence-corrected chi connectivity index (χ0v) is 55.5. The van der Waals surface area contributed by atoms with Crippen LogP contribution >= 0.6 is 7.82 Å². The molecule has 1 aliphatic carbocycles. The van der Waals surface area contributed by atoms with Gasteiger partial charge in [0.25, 0.3) is 0 Å². The molecule has 4 N–H and O–H groups in total. The molecule has 2 fully saturated rings. The third kappa shape index (κ3) is 34.3. The number of nitrogen functional groups attached to an aromatic ring is 1. The van der Waals surface area contributed by atoms with E-state index in [1.54, 1.807) is 0 Å². The normalized spacial score (nSPS) is 20.1. The molecule has 2 aromatic heterocycles. The molecule has 2 aliphatic rings. The van der Waals surface area contributed by atoms with Crippen LogP contribution in [0.2, 0.25) is 0 Å². The Morgan fingerprint density at radius 3 is 1.51 bits per heavy atom. The Morgan fingerprint density at radius 2 is 1.02 bits per heavy atom. The highest BCUT2D eigenvalue weighted by molar-refractivity contribution is 7.46. The number of anilines is 1. The molecule has 0 radical (unpaired) electrons. The summed E-state index contributed by atoms with van der Waals surface area (Å²) in [6.45, 7) is 6.35. The van der Waals surface area contributed by atoms with Crippen molar-refractivity contribution < 1.29 is 43.0 Å². The topological polar surface area (TPSA) is 212 Å². The lowest BCUT2D eigenvalue weighted by Crippen LogP contribution is -2.34. The van der Waals surface area contributed by atoms with Gasteiger partial charge in [0, 0.05) is 18.8 Å². The maximum absolute atomic E-state index is 12.7. The van der Waals surface area contributed by atoms with Gasteiger partial charge in [-0.3, -0.25) is 18.7 Å². The fraction of sp³-hybridized carbons (Fsp3) is 0.900. The minimum Gasteiger partial charge on any atom is -0.746 e. The molecule has 492 valence electrons. The van der Waals surface area contributed by atoms with Crippen LogP contribution in [-0.2, 0) is 27.9 Å². The summed E-state index contributed by atoms with van der Waals surface area (Å²) in [5.41, 5.74) is 6.38. The second-order valence-electron chi connectivity index (χ2n) is 26.8. The van der Waals surface area contributed by atoms with Gasteiger partial charge in [0.1, 0.15) is 35.9 Å². The number of nitrogens with two attached hydrogens (primary N) is 1. The Labute approximate surface area is 518 Å². The predicted octanol–water partition coefficient (Wildman–Crippen LogP) is 19.1. The van der Waals surface area contributed by atoms with Crippen LogP contribution in [0.1, 0.15) is 354 Å². The van der Waals surface area contributed by atoms with Crippen molar-refractivity contribution in [1.82, 2.24) is 19.5 Å². The minimum atomic E-state index is -5.02. The number of hydrogen-bond donors (Lipinski definition) is 3. The Kier molecular flexibility index (Phi) is 41.9. The number of aliphatic hydroxyl groups excluding tert-OH is 2. The van der Waals surface area contributed by atoms with Gasteiger partial charge in [0.15, 0.2) is 17.7 Å². The average Bonchev–Trinajstić information content (AvgIpc) is 2.71. The Morgan fingerprint density at radius 1 is 0.600 bits per heavy atom. The molecule has 3 heterocycles. The summed E-state index contributed by atoms with van der Waals surface area (Å²) in [5.74, 6) is 3.00. The first-order valence-electron chi connectivity index (χ1n) is 36.1. The number of carbonyl (C=O) groups excluding carboxylic acids is 2.